The van der Waals surface area contributed by atoms with Gasteiger partial charge in [-0.05, 0) is 19.3 Å². The quantitative estimate of drug-likeness (QED) is 0.209. The van der Waals surface area contributed by atoms with Gasteiger partial charge in [0.25, 0.3) is 10.1 Å². The zero-order valence-corrected chi connectivity index (χ0v) is 18.7. The van der Waals surface area contributed by atoms with Crippen LogP contribution in [0, 0.1) is 0 Å². The van der Waals surface area contributed by atoms with E-state index in [0.29, 0.717) is 12.8 Å². The van der Waals surface area contributed by atoms with Crippen LogP contribution in [0.4, 0.5) is 0 Å². The molecule has 0 aliphatic carbocycles. The minimum atomic E-state index is -3.88. The van der Waals surface area contributed by atoms with Crippen LogP contribution in [-0.2, 0) is 10.1 Å². The summed E-state index contributed by atoms with van der Waals surface area (Å²) in [6.45, 7) is 2.25. The monoisotopic (exact) mass is 392 g/mol. The second-order valence-corrected chi connectivity index (χ2v) is 8.33. The van der Waals surface area contributed by atoms with Crippen LogP contribution in [0.25, 0.3) is 0 Å². The first-order valence-corrected chi connectivity index (χ1v) is 11.2. The van der Waals surface area contributed by atoms with Crippen molar-refractivity contribution in [3.63, 3.8) is 0 Å². The van der Waals surface area contributed by atoms with Crippen molar-refractivity contribution in [1.29, 1.82) is 0 Å². The number of unbranched alkanes of at least 4 members (excludes halogenated alkanes) is 11. The van der Waals surface area contributed by atoms with E-state index < -0.39 is 16.2 Å². The number of hydrogen-bond acceptors (Lipinski definition) is 3. The molecule has 2 N–H and O–H groups in total. The molecule has 0 amide bonds. The molecular weight excluding hydrogens is 352 g/mol. The summed E-state index contributed by atoms with van der Waals surface area (Å²) in [4.78, 5) is 0. The molecule has 1 unspecified atom stereocenters. The molecule has 0 aromatic carbocycles. The van der Waals surface area contributed by atoms with Crippen LogP contribution < -0.4 is 0 Å². The summed E-state index contributed by atoms with van der Waals surface area (Å²) in [6, 6.07) is 0. The first kappa shape index (κ1) is 27.3. The fraction of sp³-hybridized carbons (Fsp3) is 1.00. The van der Waals surface area contributed by atoms with Gasteiger partial charge in [-0.15, -0.1) is 0 Å². The van der Waals surface area contributed by atoms with Gasteiger partial charge in [0, 0.05) is 0 Å². The molecule has 1 atom stereocenters. The maximum atomic E-state index is 10.6. The van der Waals surface area contributed by atoms with E-state index in [-0.39, 0.29) is 46.3 Å². The number of aliphatic hydroxyl groups is 1. The van der Waals surface area contributed by atoms with E-state index in [1.165, 1.54) is 64.2 Å². The Bertz CT molecular complexity index is 357. The van der Waals surface area contributed by atoms with Crippen molar-refractivity contribution >= 4 is 47.9 Å². The Balaban J connectivity index is -0.000000807. The normalized spacial score (nSPS) is 12.8. The summed E-state index contributed by atoms with van der Waals surface area (Å²) in [7, 11) is -3.88. The molecule has 0 heterocycles. The van der Waals surface area contributed by atoms with Gasteiger partial charge in [0.2, 0.25) is 0 Å². The molecule has 0 aliphatic heterocycles. The van der Waals surface area contributed by atoms with E-state index in [9.17, 15) is 13.5 Å². The summed E-state index contributed by atoms with van der Waals surface area (Å²) in [5.41, 5.74) is 0. The Labute approximate surface area is 182 Å². The molecule has 0 aliphatic rings. The van der Waals surface area contributed by atoms with Gasteiger partial charge in [0.1, 0.15) is 0 Å². The van der Waals surface area contributed by atoms with Crippen molar-refractivity contribution < 1.29 is 20.9 Å². The zero-order valence-electron chi connectivity index (χ0n) is 17.7. The van der Waals surface area contributed by atoms with Gasteiger partial charge in [-0.1, -0.05) is 84.0 Å². The molecule has 24 heavy (non-hydrogen) atoms. The Hall–Kier alpha value is 1.13. The molecule has 0 aromatic heterocycles. The van der Waals surface area contributed by atoms with E-state index in [4.69, 9.17) is 4.55 Å². The third-order valence-electron chi connectivity index (χ3n) is 4.33. The fourth-order valence-electron chi connectivity index (χ4n) is 2.87. The smallest absolute Gasteiger partial charge is 1.00 e. The van der Waals surface area contributed by atoms with E-state index in [1.54, 1.807) is 0 Å². The molecule has 0 saturated heterocycles. The van der Waals surface area contributed by atoms with Gasteiger partial charge in [-0.3, -0.25) is 4.55 Å². The van der Waals surface area contributed by atoms with E-state index in [0.717, 1.165) is 19.3 Å². The molecule has 0 aromatic rings. The molecule has 0 saturated carbocycles. The standard InChI is InChI=1S/C18H38O4S.Ca.2H/c1-2-3-4-5-6-7-8-9-10-11-12-13-15-18(19)16-14-17-23(20,21)22;;;/h18-19H,2-17H2,1H3,(H,20,21,22);;;/q;+2;2*-1. The maximum Gasteiger partial charge on any atom is 2.00 e. The minimum Gasteiger partial charge on any atom is -1.00 e. The van der Waals surface area contributed by atoms with Crippen LogP contribution >= 0.6 is 0 Å². The summed E-state index contributed by atoms with van der Waals surface area (Å²) in [5, 5.41) is 9.73. The topological polar surface area (TPSA) is 74.6 Å². The van der Waals surface area contributed by atoms with E-state index >= 15 is 0 Å². The van der Waals surface area contributed by atoms with Crippen LogP contribution in [0.15, 0.2) is 0 Å². The van der Waals surface area contributed by atoms with Crippen molar-refractivity contribution in [2.45, 2.75) is 109 Å². The first-order chi connectivity index (χ1) is 11.0. The second kappa shape index (κ2) is 18.9. The summed E-state index contributed by atoms with van der Waals surface area (Å²) >= 11 is 0. The molecule has 6 heteroatoms. The van der Waals surface area contributed by atoms with Gasteiger partial charge in [0.15, 0.2) is 0 Å². The largest absolute Gasteiger partial charge is 2.00 e. The van der Waals surface area contributed by atoms with Gasteiger partial charge in [-0.25, -0.2) is 0 Å². The van der Waals surface area contributed by atoms with Crippen LogP contribution in [0.2, 0.25) is 0 Å². The van der Waals surface area contributed by atoms with Gasteiger partial charge < -0.3 is 7.96 Å². The Morgan fingerprint density at radius 1 is 0.750 bits per heavy atom. The van der Waals surface area contributed by atoms with Crippen molar-refractivity contribution in [3.05, 3.63) is 0 Å². The molecular formula is C18H40CaO4S. The maximum absolute atomic E-state index is 10.6. The average molecular weight is 393 g/mol. The number of aliphatic hydroxyl groups excluding tert-OH is 1. The SMILES string of the molecule is CCCCCCCCCCCCCCC(O)CCCS(=O)(=O)O.[Ca+2].[H-].[H-]. The average Bonchev–Trinajstić information content (AvgIpc) is 2.47. The van der Waals surface area contributed by atoms with Crippen molar-refractivity contribution in [1.82, 2.24) is 0 Å². The fourth-order valence-corrected chi connectivity index (χ4v) is 3.40. The Morgan fingerprint density at radius 3 is 1.54 bits per heavy atom. The van der Waals surface area contributed by atoms with Crippen molar-refractivity contribution in [2.24, 2.45) is 0 Å². The molecule has 4 nitrogen and oxygen atoms in total. The zero-order chi connectivity index (χ0) is 17.4. The third-order valence-corrected chi connectivity index (χ3v) is 5.14. The van der Waals surface area contributed by atoms with Crippen LogP contribution in [0.3, 0.4) is 0 Å². The Kier molecular flexibility index (Phi) is 21.5. The van der Waals surface area contributed by atoms with Crippen LogP contribution in [-0.4, -0.2) is 67.7 Å². The molecule has 0 rings (SSSR count). The predicted molar refractivity (Wildman–Crippen MR) is 105 cm³/mol. The van der Waals surface area contributed by atoms with Crippen LogP contribution in [0.5, 0.6) is 0 Å². The van der Waals surface area contributed by atoms with Gasteiger partial charge >= 0.3 is 37.7 Å². The number of rotatable bonds is 17. The molecule has 0 fully saturated rings. The third kappa shape index (κ3) is 23.1. The molecule has 0 spiro atoms. The molecule has 0 bridgehead atoms. The first-order valence-electron chi connectivity index (χ1n) is 9.59. The summed E-state index contributed by atoms with van der Waals surface area (Å²) in [6.07, 6.45) is 16.7. The minimum absolute atomic E-state index is 0. The Morgan fingerprint density at radius 2 is 1.12 bits per heavy atom. The van der Waals surface area contributed by atoms with Crippen molar-refractivity contribution in [3.8, 4) is 0 Å². The molecule has 0 radical (unpaired) electrons. The van der Waals surface area contributed by atoms with Crippen molar-refractivity contribution in [2.75, 3.05) is 5.75 Å². The molecule has 144 valence electrons. The van der Waals surface area contributed by atoms with Gasteiger partial charge in [0.05, 0.1) is 11.9 Å². The summed E-state index contributed by atoms with van der Waals surface area (Å²) < 4.78 is 29.7. The number of hydrogen-bond donors (Lipinski definition) is 2. The van der Waals surface area contributed by atoms with Gasteiger partial charge in [-0.2, -0.15) is 8.42 Å². The predicted octanol–water partition coefficient (Wildman–Crippen LogP) is 4.95. The second-order valence-electron chi connectivity index (χ2n) is 6.76. The van der Waals surface area contributed by atoms with Crippen LogP contribution in [0.1, 0.15) is 106 Å². The van der Waals surface area contributed by atoms with E-state index in [1.807, 2.05) is 0 Å². The summed E-state index contributed by atoms with van der Waals surface area (Å²) in [5.74, 6) is -0.248. The van der Waals surface area contributed by atoms with E-state index in [2.05, 4.69) is 6.92 Å².